The molecule has 0 aromatic rings. The highest BCUT2D eigenvalue weighted by molar-refractivity contribution is 6.21. The summed E-state index contributed by atoms with van der Waals surface area (Å²) in [6.07, 6.45) is 4.29. The summed E-state index contributed by atoms with van der Waals surface area (Å²) in [6.45, 7) is 2.30. The molecule has 2 fully saturated rings. The third-order valence-corrected chi connectivity index (χ3v) is 3.93. The van der Waals surface area contributed by atoms with E-state index in [4.69, 9.17) is 11.6 Å². The van der Waals surface area contributed by atoms with Crippen molar-refractivity contribution in [2.75, 3.05) is 0 Å². The highest BCUT2D eigenvalue weighted by Gasteiger charge is 2.48. The Morgan fingerprint density at radius 3 is 2.56 bits per heavy atom. The van der Waals surface area contributed by atoms with Crippen LogP contribution in [-0.4, -0.2) is 5.38 Å². The van der Waals surface area contributed by atoms with Crippen molar-refractivity contribution in [3.05, 3.63) is 0 Å². The van der Waals surface area contributed by atoms with Crippen LogP contribution in [0.25, 0.3) is 0 Å². The first-order valence-corrected chi connectivity index (χ1v) is 4.38. The molecule has 0 aromatic carbocycles. The second-order valence-corrected chi connectivity index (χ2v) is 4.07. The van der Waals surface area contributed by atoms with Crippen molar-refractivity contribution in [1.82, 2.24) is 0 Å². The number of hydrogen-bond donors (Lipinski definition) is 0. The molecule has 2 rings (SSSR count). The lowest BCUT2D eigenvalue weighted by atomic mass is 9.67. The minimum Gasteiger partial charge on any atom is -0.122 e. The topological polar surface area (TPSA) is 0 Å². The van der Waals surface area contributed by atoms with Gasteiger partial charge < -0.3 is 0 Å². The van der Waals surface area contributed by atoms with Gasteiger partial charge in [-0.05, 0) is 30.6 Å². The molecule has 2 saturated carbocycles. The van der Waals surface area contributed by atoms with Crippen LogP contribution in [0.5, 0.6) is 0 Å². The van der Waals surface area contributed by atoms with Crippen LogP contribution in [0.4, 0.5) is 0 Å². The second-order valence-electron chi connectivity index (χ2n) is 3.56. The van der Waals surface area contributed by atoms with Gasteiger partial charge in [-0.2, -0.15) is 0 Å². The van der Waals surface area contributed by atoms with Gasteiger partial charge in [-0.25, -0.2) is 0 Å². The molecule has 0 saturated heterocycles. The molecule has 0 aromatic heterocycles. The van der Waals surface area contributed by atoms with E-state index in [9.17, 15) is 0 Å². The first kappa shape index (κ1) is 6.03. The molecule has 0 aliphatic heterocycles. The van der Waals surface area contributed by atoms with Gasteiger partial charge in [0.15, 0.2) is 0 Å². The Balaban J connectivity index is 2.06. The summed E-state index contributed by atoms with van der Waals surface area (Å²) in [5.74, 6) is 2.73. The standard InChI is InChI=1S/C8H13Cl/c1-5-6-3-2-4-7(6)8(5)9/h5-8H,2-4H2,1H3. The van der Waals surface area contributed by atoms with Gasteiger partial charge in [-0.15, -0.1) is 11.6 Å². The van der Waals surface area contributed by atoms with E-state index in [1.165, 1.54) is 19.3 Å². The van der Waals surface area contributed by atoms with Crippen LogP contribution >= 0.6 is 11.6 Å². The minimum atomic E-state index is 0.525. The number of halogens is 1. The van der Waals surface area contributed by atoms with Crippen LogP contribution in [0.15, 0.2) is 0 Å². The molecule has 0 bridgehead atoms. The van der Waals surface area contributed by atoms with Crippen LogP contribution in [0.1, 0.15) is 26.2 Å². The molecule has 2 aliphatic rings. The van der Waals surface area contributed by atoms with Gasteiger partial charge in [-0.1, -0.05) is 13.3 Å². The molecule has 1 heteroatoms. The van der Waals surface area contributed by atoms with Crippen LogP contribution in [0, 0.1) is 17.8 Å². The molecule has 4 unspecified atom stereocenters. The van der Waals surface area contributed by atoms with Crippen molar-refractivity contribution in [3.63, 3.8) is 0 Å². The average Bonchev–Trinajstić information content (AvgIpc) is 2.30. The first-order chi connectivity index (χ1) is 4.30. The molecule has 9 heavy (non-hydrogen) atoms. The summed E-state index contributed by atoms with van der Waals surface area (Å²) in [7, 11) is 0. The number of rotatable bonds is 0. The third-order valence-electron chi connectivity index (χ3n) is 3.21. The number of hydrogen-bond acceptors (Lipinski definition) is 0. The van der Waals surface area contributed by atoms with Gasteiger partial charge in [0.1, 0.15) is 0 Å². The quantitative estimate of drug-likeness (QED) is 0.459. The Hall–Kier alpha value is 0.290. The molecule has 4 atom stereocenters. The summed E-state index contributed by atoms with van der Waals surface area (Å²) in [5, 5.41) is 0.525. The van der Waals surface area contributed by atoms with Crippen LogP contribution < -0.4 is 0 Å². The van der Waals surface area contributed by atoms with Gasteiger partial charge in [0, 0.05) is 5.38 Å². The summed E-state index contributed by atoms with van der Waals surface area (Å²) in [5.41, 5.74) is 0. The number of fused-ring (bicyclic) bond motifs is 1. The van der Waals surface area contributed by atoms with Crippen molar-refractivity contribution in [1.29, 1.82) is 0 Å². The van der Waals surface area contributed by atoms with E-state index in [2.05, 4.69) is 6.92 Å². The number of alkyl halides is 1. The van der Waals surface area contributed by atoms with Crippen molar-refractivity contribution in [2.24, 2.45) is 17.8 Å². The minimum absolute atomic E-state index is 0.525. The molecule has 0 amide bonds. The normalized spacial score (nSPS) is 56.7. The molecule has 0 N–H and O–H groups in total. The van der Waals surface area contributed by atoms with E-state index < -0.39 is 0 Å². The zero-order valence-electron chi connectivity index (χ0n) is 5.81. The largest absolute Gasteiger partial charge is 0.122 e. The molecule has 0 spiro atoms. The lowest BCUT2D eigenvalue weighted by molar-refractivity contribution is 0.129. The summed E-state index contributed by atoms with van der Waals surface area (Å²) >= 11 is 6.10. The highest BCUT2D eigenvalue weighted by Crippen LogP contribution is 2.53. The summed E-state index contributed by atoms with van der Waals surface area (Å²) < 4.78 is 0. The van der Waals surface area contributed by atoms with Gasteiger partial charge in [0.25, 0.3) is 0 Å². The first-order valence-electron chi connectivity index (χ1n) is 3.95. The van der Waals surface area contributed by atoms with Gasteiger partial charge in [0.05, 0.1) is 0 Å². The zero-order chi connectivity index (χ0) is 6.43. The lowest BCUT2D eigenvalue weighted by Gasteiger charge is -2.43. The van der Waals surface area contributed by atoms with Crippen molar-refractivity contribution in [3.8, 4) is 0 Å². The van der Waals surface area contributed by atoms with Crippen LogP contribution in [0.2, 0.25) is 0 Å². The predicted octanol–water partition coefficient (Wildman–Crippen LogP) is 2.66. The maximum absolute atomic E-state index is 6.10. The molecule has 0 radical (unpaired) electrons. The van der Waals surface area contributed by atoms with Crippen LogP contribution in [-0.2, 0) is 0 Å². The maximum atomic E-state index is 6.10. The SMILES string of the molecule is CC1C(Cl)C2CCCC12. The average molecular weight is 145 g/mol. The van der Waals surface area contributed by atoms with Gasteiger partial charge >= 0.3 is 0 Å². The monoisotopic (exact) mass is 144 g/mol. The molecule has 0 nitrogen and oxygen atoms in total. The molecular weight excluding hydrogens is 132 g/mol. The third kappa shape index (κ3) is 0.660. The Labute approximate surface area is 61.6 Å². The van der Waals surface area contributed by atoms with E-state index in [1.807, 2.05) is 0 Å². The highest BCUT2D eigenvalue weighted by atomic mass is 35.5. The van der Waals surface area contributed by atoms with Crippen molar-refractivity contribution in [2.45, 2.75) is 31.6 Å². The smallest absolute Gasteiger partial charge is 0.0395 e. The Bertz CT molecular complexity index is 108. The van der Waals surface area contributed by atoms with E-state index in [0.717, 1.165) is 17.8 Å². The summed E-state index contributed by atoms with van der Waals surface area (Å²) in [6, 6.07) is 0. The van der Waals surface area contributed by atoms with Crippen LogP contribution in [0.3, 0.4) is 0 Å². The Morgan fingerprint density at radius 1 is 1.22 bits per heavy atom. The van der Waals surface area contributed by atoms with Gasteiger partial charge in [0.2, 0.25) is 0 Å². The Morgan fingerprint density at radius 2 is 1.89 bits per heavy atom. The van der Waals surface area contributed by atoms with Crippen molar-refractivity contribution >= 4 is 11.6 Å². The fourth-order valence-corrected chi connectivity index (χ4v) is 3.05. The maximum Gasteiger partial charge on any atom is 0.0395 e. The molecule has 52 valence electrons. The predicted molar refractivity (Wildman–Crippen MR) is 39.6 cm³/mol. The zero-order valence-corrected chi connectivity index (χ0v) is 6.56. The van der Waals surface area contributed by atoms with Gasteiger partial charge in [-0.3, -0.25) is 0 Å². The fraction of sp³-hybridized carbons (Fsp3) is 1.00. The van der Waals surface area contributed by atoms with E-state index in [0.29, 0.717) is 5.38 Å². The fourth-order valence-electron chi connectivity index (χ4n) is 2.55. The van der Waals surface area contributed by atoms with E-state index >= 15 is 0 Å². The Kier molecular flexibility index (Phi) is 1.26. The molecule has 0 heterocycles. The second kappa shape index (κ2) is 1.88. The van der Waals surface area contributed by atoms with Crippen molar-refractivity contribution < 1.29 is 0 Å². The van der Waals surface area contributed by atoms with E-state index in [-0.39, 0.29) is 0 Å². The lowest BCUT2D eigenvalue weighted by Crippen LogP contribution is -2.42. The van der Waals surface area contributed by atoms with E-state index in [1.54, 1.807) is 0 Å². The summed E-state index contributed by atoms with van der Waals surface area (Å²) in [4.78, 5) is 0. The molecule has 2 aliphatic carbocycles. The molecular formula is C8H13Cl.